The summed E-state index contributed by atoms with van der Waals surface area (Å²) in [6, 6.07) is 17.4. The van der Waals surface area contributed by atoms with Crippen molar-refractivity contribution in [3.63, 3.8) is 0 Å². The van der Waals surface area contributed by atoms with Crippen molar-refractivity contribution in [1.82, 2.24) is 15.2 Å². The lowest BCUT2D eigenvalue weighted by atomic mass is 10.1. The van der Waals surface area contributed by atoms with Crippen LogP contribution in [0.4, 0.5) is 5.69 Å². The van der Waals surface area contributed by atoms with E-state index >= 15 is 0 Å². The topological polar surface area (TPSA) is 88.2 Å². The fourth-order valence-electron chi connectivity index (χ4n) is 3.61. The van der Waals surface area contributed by atoms with Crippen LogP contribution < -0.4 is 4.90 Å². The molecule has 0 saturated carbocycles. The molecule has 0 spiro atoms. The van der Waals surface area contributed by atoms with Gasteiger partial charge >= 0.3 is 5.97 Å². The highest BCUT2D eigenvalue weighted by Crippen LogP contribution is 2.34. The third-order valence-electron chi connectivity index (χ3n) is 4.97. The SMILES string of the molecule is CC(C)(C)OC(=O)CN1C(=O)[C@H](Sc2n[nH]c(-c3ccccc3)n2)CCc2ccccc21. The van der Waals surface area contributed by atoms with Gasteiger partial charge < -0.3 is 4.74 Å². The number of amides is 1. The van der Waals surface area contributed by atoms with Gasteiger partial charge in [0.15, 0.2) is 5.82 Å². The van der Waals surface area contributed by atoms with E-state index in [9.17, 15) is 9.59 Å². The van der Waals surface area contributed by atoms with E-state index in [1.54, 1.807) is 4.90 Å². The normalized spacial score (nSPS) is 16.4. The maximum absolute atomic E-state index is 13.5. The van der Waals surface area contributed by atoms with Crippen LogP contribution in [0.1, 0.15) is 32.8 Å². The zero-order valence-corrected chi connectivity index (χ0v) is 19.2. The van der Waals surface area contributed by atoms with Gasteiger partial charge in [-0.1, -0.05) is 60.3 Å². The Kier molecular flexibility index (Phi) is 6.32. The number of aryl methyl sites for hydroxylation is 1. The predicted octanol–water partition coefficient (Wildman–Crippen LogP) is 4.25. The maximum Gasteiger partial charge on any atom is 0.326 e. The van der Waals surface area contributed by atoms with Gasteiger partial charge in [0, 0.05) is 11.3 Å². The molecular weight excluding hydrogens is 424 g/mol. The van der Waals surface area contributed by atoms with Crippen molar-refractivity contribution in [3.8, 4) is 11.4 Å². The van der Waals surface area contributed by atoms with Crippen molar-refractivity contribution < 1.29 is 14.3 Å². The Morgan fingerprint density at radius 2 is 1.88 bits per heavy atom. The van der Waals surface area contributed by atoms with Gasteiger partial charge in [-0.15, -0.1) is 5.10 Å². The zero-order valence-electron chi connectivity index (χ0n) is 18.4. The monoisotopic (exact) mass is 450 g/mol. The Hall–Kier alpha value is -3.13. The van der Waals surface area contributed by atoms with Gasteiger partial charge in [0.25, 0.3) is 0 Å². The maximum atomic E-state index is 13.5. The first-order valence-corrected chi connectivity index (χ1v) is 11.4. The van der Waals surface area contributed by atoms with Crippen LogP contribution >= 0.6 is 11.8 Å². The summed E-state index contributed by atoms with van der Waals surface area (Å²) in [5.74, 6) is 0.0792. The molecule has 1 aliphatic rings. The molecule has 1 aliphatic heterocycles. The van der Waals surface area contributed by atoms with E-state index in [1.807, 2.05) is 75.4 Å². The standard InChI is InChI=1S/C24H26N4O3S/c1-24(2,3)31-20(29)15-28-18-12-8-7-9-16(18)13-14-19(22(28)30)32-23-25-21(26-27-23)17-10-5-4-6-11-17/h4-12,19H,13-15H2,1-3H3,(H,25,26,27)/t19-/m1/s1. The Labute approximate surface area is 191 Å². The fourth-order valence-corrected chi connectivity index (χ4v) is 4.58. The third-order valence-corrected chi connectivity index (χ3v) is 6.08. The summed E-state index contributed by atoms with van der Waals surface area (Å²) in [5.41, 5.74) is 2.10. The van der Waals surface area contributed by atoms with Crippen molar-refractivity contribution in [2.24, 2.45) is 0 Å². The molecule has 1 N–H and O–H groups in total. The summed E-state index contributed by atoms with van der Waals surface area (Å²) in [7, 11) is 0. The first kappa shape index (κ1) is 22.1. The van der Waals surface area contributed by atoms with E-state index < -0.39 is 16.8 Å². The van der Waals surface area contributed by atoms with Gasteiger partial charge in [0.2, 0.25) is 11.1 Å². The molecule has 1 amide bonds. The number of benzene rings is 2. The minimum Gasteiger partial charge on any atom is -0.459 e. The highest BCUT2D eigenvalue weighted by atomic mass is 32.2. The molecule has 0 radical (unpaired) electrons. The quantitative estimate of drug-likeness (QED) is 0.585. The number of aromatic nitrogens is 3. The highest BCUT2D eigenvalue weighted by molar-refractivity contribution is 8.00. The number of esters is 1. The summed E-state index contributed by atoms with van der Waals surface area (Å²) < 4.78 is 5.48. The Morgan fingerprint density at radius 3 is 2.62 bits per heavy atom. The molecule has 1 aromatic heterocycles. The first-order valence-electron chi connectivity index (χ1n) is 10.6. The average Bonchev–Trinajstić information content (AvgIpc) is 3.18. The smallest absolute Gasteiger partial charge is 0.326 e. The van der Waals surface area contributed by atoms with E-state index in [0.717, 1.165) is 23.2 Å². The van der Waals surface area contributed by atoms with Crippen LogP contribution in [0.15, 0.2) is 59.8 Å². The second kappa shape index (κ2) is 9.16. The van der Waals surface area contributed by atoms with Crippen molar-refractivity contribution in [3.05, 3.63) is 60.2 Å². The molecule has 1 atom stereocenters. The molecule has 0 unspecified atom stereocenters. The number of carbonyl (C=O) groups is 2. The Balaban J connectivity index is 1.56. The van der Waals surface area contributed by atoms with Gasteiger partial charge in [-0.05, 0) is 45.2 Å². The summed E-state index contributed by atoms with van der Waals surface area (Å²) in [5, 5.41) is 7.34. The number of ether oxygens (including phenoxy) is 1. The molecule has 2 heterocycles. The van der Waals surface area contributed by atoms with Gasteiger partial charge in [0.1, 0.15) is 12.1 Å². The number of thioether (sulfide) groups is 1. The molecule has 8 heteroatoms. The number of nitrogens with zero attached hydrogens (tertiary/aromatic N) is 3. The second-order valence-corrected chi connectivity index (χ2v) is 9.79. The van der Waals surface area contributed by atoms with Crippen LogP contribution in [0.5, 0.6) is 0 Å². The Bertz CT molecular complexity index is 1110. The van der Waals surface area contributed by atoms with Crippen molar-refractivity contribution in [2.75, 3.05) is 11.4 Å². The van der Waals surface area contributed by atoms with Gasteiger partial charge in [-0.2, -0.15) is 0 Å². The molecule has 0 saturated heterocycles. The number of aromatic amines is 1. The van der Waals surface area contributed by atoms with Crippen LogP contribution in [0.25, 0.3) is 11.4 Å². The molecule has 0 fully saturated rings. The van der Waals surface area contributed by atoms with Crippen LogP contribution in [-0.2, 0) is 20.7 Å². The molecule has 2 aromatic carbocycles. The number of fused-ring (bicyclic) bond motifs is 1. The van der Waals surface area contributed by atoms with Gasteiger partial charge in [0.05, 0.1) is 5.25 Å². The second-order valence-electron chi connectivity index (χ2n) is 8.62. The molecule has 3 aromatic rings. The van der Waals surface area contributed by atoms with E-state index in [4.69, 9.17) is 4.74 Å². The Morgan fingerprint density at radius 1 is 1.16 bits per heavy atom. The number of hydrogen-bond donors (Lipinski definition) is 1. The molecule has 166 valence electrons. The van der Waals surface area contributed by atoms with Crippen LogP contribution in [-0.4, -0.2) is 44.5 Å². The largest absolute Gasteiger partial charge is 0.459 e. The van der Waals surface area contributed by atoms with Crippen LogP contribution in [0.2, 0.25) is 0 Å². The third kappa shape index (κ3) is 5.19. The number of rotatable bonds is 5. The summed E-state index contributed by atoms with van der Waals surface area (Å²) in [4.78, 5) is 32.2. The average molecular weight is 451 g/mol. The van der Waals surface area contributed by atoms with Crippen molar-refractivity contribution in [2.45, 2.75) is 49.6 Å². The molecule has 0 aliphatic carbocycles. The highest BCUT2D eigenvalue weighted by Gasteiger charge is 2.34. The van der Waals surface area contributed by atoms with Crippen LogP contribution in [0, 0.1) is 0 Å². The summed E-state index contributed by atoms with van der Waals surface area (Å²) >= 11 is 1.32. The van der Waals surface area contributed by atoms with Crippen LogP contribution in [0.3, 0.4) is 0 Å². The van der Waals surface area contributed by atoms with E-state index in [1.165, 1.54) is 11.8 Å². The van der Waals surface area contributed by atoms with E-state index in [2.05, 4.69) is 15.2 Å². The number of para-hydroxylation sites is 1. The minimum absolute atomic E-state index is 0.132. The lowest BCUT2D eigenvalue weighted by Crippen LogP contribution is -2.42. The molecule has 0 bridgehead atoms. The van der Waals surface area contributed by atoms with Crippen molar-refractivity contribution >= 4 is 29.3 Å². The predicted molar refractivity (Wildman–Crippen MR) is 124 cm³/mol. The summed E-state index contributed by atoms with van der Waals surface area (Å²) in [6.45, 7) is 5.31. The number of nitrogens with one attached hydrogen (secondary N) is 1. The number of carbonyl (C=O) groups excluding carboxylic acids is 2. The molecule has 4 rings (SSSR count). The number of hydrogen-bond acceptors (Lipinski definition) is 6. The van der Waals surface area contributed by atoms with E-state index in [0.29, 0.717) is 17.4 Å². The van der Waals surface area contributed by atoms with E-state index in [-0.39, 0.29) is 12.5 Å². The lowest BCUT2D eigenvalue weighted by molar-refractivity contribution is -0.153. The molecular formula is C24H26N4O3S. The number of anilines is 1. The fraction of sp³-hybridized carbons (Fsp3) is 0.333. The molecule has 7 nitrogen and oxygen atoms in total. The van der Waals surface area contributed by atoms with Crippen molar-refractivity contribution in [1.29, 1.82) is 0 Å². The summed E-state index contributed by atoms with van der Waals surface area (Å²) in [6.07, 6.45) is 1.35. The van der Waals surface area contributed by atoms with Gasteiger partial charge in [-0.25, -0.2) is 4.98 Å². The van der Waals surface area contributed by atoms with Gasteiger partial charge in [-0.3, -0.25) is 19.6 Å². The lowest BCUT2D eigenvalue weighted by Gasteiger charge is -2.26. The zero-order chi connectivity index (χ0) is 22.7. The number of H-pyrrole nitrogens is 1. The molecule has 32 heavy (non-hydrogen) atoms. The minimum atomic E-state index is -0.619. The first-order chi connectivity index (χ1) is 15.3.